The van der Waals surface area contributed by atoms with E-state index in [1.54, 1.807) is 12.4 Å². The number of hydrazine groups is 1. The van der Waals surface area contributed by atoms with Gasteiger partial charge >= 0.3 is 0 Å². The Morgan fingerprint density at radius 2 is 1.90 bits per heavy atom. The Kier molecular flexibility index (Phi) is 3.38. The maximum atomic E-state index is 5.43. The SMILES string of the molecule is Cc1ccc(N2C(=S)NNC2c2ccncc2)c(C)c1. The molecule has 1 saturated heterocycles. The van der Waals surface area contributed by atoms with Crippen LogP contribution in [-0.4, -0.2) is 10.1 Å². The zero-order valence-corrected chi connectivity index (χ0v) is 12.2. The zero-order chi connectivity index (χ0) is 14.1. The van der Waals surface area contributed by atoms with Gasteiger partial charge in [-0.1, -0.05) is 17.7 Å². The molecule has 4 nitrogen and oxygen atoms in total. The molecule has 1 aliphatic rings. The predicted molar refractivity (Wildman–Crippen MR) is 84.2 cm³/mol. The normalized spacial score (nSPS) is 18.2. The number of nitrogens with one attached hydrogen (secondary N) is 2. The maximum absolute atomic E-state index is 5.43. The third-order valence-electron chi connectivity index (χ3n) is 3.43. The fourth-order valence-corrected chi connectivity index (χ4v) is 2.74. The number of nitrogens with zero attached hydrogens (tertiary/aromatic N) is 2. The van der Waals surface area contributed by atoms with E-state index in [2.05, 4.69) is 52.8 Å². The molecule has 1 atom stereocenters. The summed E-state index contributed by atoms with van der Waals surface area (Å²) >= 11 is 5.43. The van der Waals surface area contributed by atoms with Gasteiger partial charge in [0.1, 0.15) is 6.17 Å². The number of rotatable bonds is 2. The number of hydrogen-bond acceptors (Lipinski definition) is 3. The fourth-order valence-electron chi connectivity index (χ4n) is 2.47. The molecular formula is C15H16N4S. The third kappa shape index (κ3) is 2.26. The van der Waals surface area contributed by atoms with Gasteiger partial charge in [0.05, 0.1) is 0 Å². The van der Waals surface area contributed by atoms with E-state index in [0.29, 0.717) is 5.11 Å². The molecule has 1 aliphatic heterocycles. The highest BCUT2D eigenvalue weighted by atomic mass is 32.1. The van der Waals surface area contributed by atoms with E-state index in [1.165, 1.54) is 11.1 Å². The third-order valence-corrected chi connectivity index (χ3v) is 3.73. The molecule has 1 unspecified atom stereocenters. The van der Waals surface area contributed by atoms with Crippen LogP contribution in [0.5, 0.6) is 0 Å². The van der Waals surface area contributed by atoms with E-state index in [0.717, 1.165) is 11.3 Å². The first-order valence-electron chi connectivity index (χ1n) is 6.49. The van der Waals surface area contributed by atoms with Crippen LogP contribution in [0.1, 0.15) is 22.9 Å². The Labute approximate surface area is 123 Å². The van der Waals surface area contributed by atoms with Crippen LogP contribution < -0.4 is 15.8 Å². The summed E-state index contributed by atoms with van der Waals surface area (Å²) in [5, 5.41) is 0.679. The van der Waals surface area contributed by atoms with Crippen molar-refractivity contribution in [3.05, 3.63) is 59.4 Å². The van der Waals surface area contributed by atoms with Crippen molar-refractivity contribution in [2.45, 2.75) is 20.0 Å². The molecule has 1 aromatic carbocycles. The average Bonchev–Trinajstić information content (AvgIpc) is 2.82. The Hall–Kier alpha value is -1.98. The summed E-state index contributed by atoms with van der Waals surface area (Å²) in [6.07, 6.45) is 3.56. The Morgan fingerprint density at radius 1 is 1.15 bits per heavy atom. The molecule has 2 N–H and O–H groups in total. The van der Waals surface area contributed by atoms with Gasteiger partial charge in [-0.15, -0.1) is 0 Å². The average molecular weight is 284 g/mol. The summed E-state index contributed by atoms with van der Waals surface area (Å²) < 4.78 is 0. The van der Waals surface area contributed by atoms with E-state index >= 15 is 0 Å². The van der Waals surface area contributed by atoms with Crippen LogP contribution in [0.2, 0.25) is 0 Å². The van der Waals surface area contributed by atoms with Gasteiger partial charge in [0.25, 0.3) is 0 Å². The molecular weight excluding hydrogens is 268 g/mol. The zero-order valence-electron chi connectivity index (χ0n) is 11.4. The lowest BCUT2D eigenvalue weighted by molar-refractivity contribution is 0.585. The number of aryl methyl sites for hydroxylation is 2. The van der Waals surface area contributed by atoms with E-state index in [1.807, 2.05) is 12.1 Å². The van der Waals surface area contributed by atoms with Crippen LogP contribution in [-0.2, 0) is 0 Å². The number of thiocarbonyl (C=S) groups is 1. The first-order valence-corrected chi connectivity index (χ1v) is 6.89. The number of benzene rings is 1. The minimum absolute atomic E-state index is 0.0214. The number of anilines is 1. The first kappa shape index (κ1) is 13.0. The van der Waals surface area contributed by atoms with E-state index in [9.17, 15) is 0 Å². The lowest BCUT2D eigenvalue weighted by Gasteiger charge is -2.26. The van der Waals surface area contributed by atoms with Crippen molar-refractivity contribution in [3.8, 4) is 0 Å². The van der Waals surface area contributed by atoms with Gasteiger partial charge in [0, 0.05) is 18.1 Å². The van der Waals surface area contributed by atoms with Crippen molar-refractivity contribution < 1.29 is 0 Å². The molecule has 2 heterocycles. The fraction of sp³-hybridized carbons (Fsp3) is 0.200. The van der Waals surface area contributed by atoms with Gasteiger partial charge in [0.2, 0.25) is 0 Å². The van der Waals surface area contributed by atoms with Crippen molar-refractivity contribution in [2.75, 3.05) is 4.90 Å². The summed E-state index contributed by atoms with van der Waals surface area (Å²) in [5.41, 5.74) is 10.9. The number of aromatic nitrogens is 1. The van der Waals surface area contributed by atoms with Crippen LogP contribution in [0.25, 0.3) is 0 Å². The highest BCUT2D eigenvalue weighted by molar-refractivity contribution is 7.80. The first-order chi connectivity index (χ1) is 9.66. The molecule has 0 amide bonds. The monoisotopic (exact) mass is 284 g/mol. The lowest BCUT2D eigenvalue weighted by Crippen LogP contribution is -2.30. The van der Waals surface area contributed by atoms with Crippen molar-refractivity contribution in [1.82, 2.24) is 15.8 Å². The Morgan fingerprint density at radius 3 is 2.60 bits per heavy atom. The molecule has 1 fully saturated rings. The second kappa shape index (κ2) is 5.19. The summed E-state index contributed by atoms with van der Waals surface area (Å²) in [4.78, 5) is 6.16. The highest BCUT2D eigenvalue weighted by Gasteiger charge is 2.30. The van der Waals surface area contributed by atoms with E-state index in [-0.39, 0.29) is 6.17 Å². The standard InChI is InChI=1S/C15H16N4S/c1-10-3-4-13(11(2)9-10)19-14(17-18-15(19)20)12-5-7-16-8-6-12/h3-9,14,17H,1-2H3,(H,18,20). The maximum Gasteiger partial charge on any atom is 0.189 e. The second-order valence-electron chi connectivity index (χ2n) is 4.92. The highest BCUT2D eigenvalue weighted by Crippen LogP contribution is 2.30. The summed E-state index contributed by atoms with van der Waals surface area (Å²) in [6, 6.07) is 10.4. The molecule has 0 spiro atoms. The van der Waals surface area contributed by atoms with Crippen molar-refractivity contribution in [2.24, 2.45) is 0 Å². The summed E-state index contributed by atoms with van der Waals surface area (Å²) in [6.45, 7) is 4.20. The minimum atomic E-state index is -0.0214. The molecule has 1 aromatic heterocycles. The van der Waals surface area contributed by atoms with Crippen LogP contribution in [0.3, 0.4) is 0 Å². The molecule has 0 saturated carbocycles. The largest absolute Gasteiger partial charge is 0.296 e. The van der Waals surface area contributed by atoms with Crippen molar-refractivity contribution in [1.29, 1.82) is 0 Å². The molecule has 102 valence electrons. The number of hydrogen-bond donors (Lipinski definition) is 2. The molecule has 3 rings (SSSR count). The molecule has 5 heteroatoms. The molecule has 0 bridgehead atoms. The Bertz CT molecular complexity index is 642. The van der Waals surface area contributed by atoms with Gasteiger partial charge in [-0.3, -0.25) is 15.3 Å². The summed E-state index contributed by atoms with van der Waals surface area (Å²) in [5.74, 6) is 0. The molecule has 2 aromatic rings. The smallest absolute Gasteiger partial charge is 0.189 e. The van der Waals surface area contributed by atoms with Gasteiger partial charge in [-0.2, -0.15) is 0 Å². The Balaban J connectivity index is 2.03. The molecule has 0 radical (unpaired) electrons. The topological polar surface area (TPSA) is 40.2 Å². The van der Waals surface area contributed by atoms with E-state index < -0.39 is 0 Å². The molecule has 0 aliphatic carbocycles. The van der Waals surface area contributed by atoms with Gasteiger partial charge in [0.15, 0.2) is 5.11 Å². The van der Waals surface area contributed by atoms with Crippen molar-refractivity contribution >= 4 is 23.0 Å². The molecule has 20 heavy (non-hydrogen) atoms. The van der Waals surface area contributed by atoms with Gasteiger partial charge < -0.3 is 0 Å². The van der Waals surface area contributed by atoms with Crippen LogP contribution in [0, 0.1) is 13.8 Å². The predicted octanol–water partition coefficient (Wildman–Crippen LogP) is 2.60. The van der Waals surface area contributed by atoms with Crippen LogP contribution in [0.15, 0.2) is 42.7 Å². The van der Waals surface area contributed by atoms with Gasteiger partial charge in [-0.25, -0.2) is 5.43 Å². The van der Waals surface area contributed by atoms with Gasteiger partial charge in [-0.05, 0) is 55.4 Å². The quantitative estimate of drug-likeness (QED) is 0.830. The number of pyridine rings is 1. The van der Waals surface area contributed by atoms with Crippen molar-refractivity contribution in [3.63, 3.8) is 0 Å². The van der Waals surface area contributed by atoms with Crippen LogP contribution in [0.4, 0.5) is 5.69 Å². The minimum Gasteiger partial charge on any atom is -0.296 e. The van der Waals surface area contributed by atoms with Crippen LogP contribution >= 0.6 is 12.2 Å². The van der Waals surface area contributed by atoms with E-state index in [4.69, 9.17) is 12.2 Å². The lowest BCUT2D eigenvalue weighted by atomic mass is 10.1. The summed E-state index contributed by atoms with van der Waals surface area (Å²) in [7, 11) is 0. The second-order valence-corrected chi connectivity index (χ2v) is 5.30.